The lowest BCUT2D eigenvalue weighted by Gasteiger charge is -2.29. The van der Waals surface area contributed by atoms with Gasteiger partial charge >= 0.3 is 0 Å². The van der Waals surface area contributed by atoms with Crippen LogP contribution in [0, 0.1) is 48.5 Å². The fourth-order valence-electron chi connectivity index (χ4n) is 9.50. The molecule has 61 heavy (non-hydrogen) atoms. The molecule has 2 heterocycles. The van der Waals surface area contributed by atoms with Crippen molar-refractivity contribution in [1.29, 1.82) is 0 Å². The van der Waals surface area contributed by atoms with E-state index in [4.69, 9.17) is 8.83 Å². The summed E-state index contributed by atoms with van der Waals surface area (Å²) in [7, 11) is 0. The fraction of sp³-hybridized carbons (Fsp3) is 0.123. The zero-order valence-corrected chi connectivity index (χ0v) is 35.6. The first kappa shape index (κ1) is 36.8. The monoisotopic (exact) mass is 790 g/mol. The first-order valence-corrected chi connectivity index (χ1v) is 21.2. The summed E-state index contributed by atoms with van der Waals surface area (Å²) in [6.45, 7) is 15.3. The molecule has 0 radical (unpaired) electrons. The van der Waals surface area contributed by atoms with Crippen molar-refractivity contribution in [3.05, 3.63) is 191 Å². The van der Waals surface area contributed by atoms with Crippen molar-refractivity contribution in [3.8, 4) is 0 Å². The Morgan fingerprint density at radius 3 is 1.33 bits per heavy atom. The van der Waals surface area contributed by atoms with Crippen LogP contribution >= 0.6 is 0 Å². The van der Waals surface area contributed by atoms with Crippen LogP contribution in [0.1, 0.15) is 38.9 Å². The molecule has 9 aromatic carbocycles. The zero-order chi connectivity index (χ0) is 41.7. The topological polar surface area (TPSA) is 32.8 Å². The van der Waals surface area contributed by atoms with E-state index in [9.17, 15) is 0 Å². The van der Waals surface area contributed by atoms with Gasteiger partial charge in [0.05, 0.1) is 0 Å². The van der Waals surface area contributed by atoms with E-state index in [1.54, 1.807) is 0 Å². The highest BCUT2D eigenvalue weighted by Gasteiger charge is 2.23. The average molecular weight is 791 g/mol. The second-order valence-corrected chi connectivity index (χ2v) is 16.9. The number of furan rings is 2. The van der Waals surface area contributed by atoms with Gasteiger partial charge in [-0.05, 0) is 188 Å². The van der Waals surface area contributed by atoms with Gasteiger partial charge in [0.25, 0.3) is 0 Å². The molecule has 4 heteroatoms. The SMILES string of the molecule is Cc1ccccc1N(c1ccc2cc3c(cc2c1)oc1c3cc(C)c2c3cc4ccc(N(c5ccccc5C)c5cccc(C)c5C)cc4cc3oc12)c1cccc(C)c1C. The molecule has 0 saturated carbocycles. The maximum absolute atomic E-state index is 6.87. The Kier molecular flexibility index (Phi) is 8.37. The number of nitrogens with zero attached hydrogens (tertiary/aromatic N) is 2. The molecule has 0 aliphatic heterocycles. The molecule has 0 spiro atoms. The first-order chi connectivity index (χ1) is 29.6. The number of hydrogen-bond acceptors (Lipinski definition) is 4. The van der Waals surface area contributed by atoms with Crippen LogP contribution in [0.4, 0.5) is 34.1 Å². The Hall–Kier alpha value is -7.30. The van der Waals surface area contributed by atoms with Gasteiger partial charge in [-0.25, -0.2) is 0 Å². The Balaban J connectivity index is 1.06. The molecule has 0 fully saturated rings. The molecule has 0 amide bonds. The van der Waals surface area contributed by atoms with E-state index < -0.39 is 0 Å². The molecule has 0 atom stereocenters. The van der Waals surface area contributed by atoms with Gasteiger partial charge in [-0.3, -0.25) is 0 Å². The summed E-state index contributed by atoms with van der Waals surface area (Å²) in [5, 5.41) is 8.91. The van der Waals surface area contributed by atoms with E-state index in [0.29, 0.717) is 0 Å². The third-order valence-corrected chi connectivity index (χ3v) is 13.1. The van der Waals surface area contributed by atoms with Gasteiger partial charge in [-0.1, -0.05) is 72.8 Å². The minimum absolute atomic E-state index is 0.782. The van der Waals surface area contributed by atoms with Crippen molar-refractivity contribution >= 4 is 99.5 Å². The van der Waals surface area contributed by atoms with Crippen LogP contribution in [-0.4, -0.2) is 0 Å². The third-order valence-electron chi connectivity index (χ3n) is 13.1. The van der Waals surface area contributed by atoms with E-state index in [1.807, 2.05) is 0 Å². The second kappa shape index (κ2) is 13.9. The molecule has 0 aliphatic rings. The van der Waals surface area contributed by atoms with Gasteiger partial charge in [0.1, 0.15) is 11.2 Å². The van der Waals surface area contributed by atoms with Crippen molar-refractivity contribution in [3.63, 3.8) is 0 Å². The van der Waals surface area contributed by atoms with Crippen molar-refractivity contribution in [2.24, 2.45) is 0 Å². The summed E-state index contributed by atoms with van der Waals surface area (Å²) in [5.74, 6) is 0. The number of rotatable bonds is 6. The van der Waals surface area contributed by atoms with Crippen LogP contribution in [0.3, 0.4) is 0 Å². The van der Waals surface area contributed by atoms with E-state index in [2.05, 4.69) is 210 Å². The van der Waals surface area contributed by atoms with Crippen LogP contribution < -0.4 is 9.80 Å². The van der Waals surface area contributed by atoms with Crippen molar-refractivity contribution in [2.45, 2.75) is 48.5 Å². The van der Waals surface area contributed by atoms with Gasteiger partial charge in [-0.2, -0.15) is 0 Å². The van der Waals surface area contributed by atoms with Gasteiger partial charge in [0, 0.05) is 55.7 Å². The third kappa shape index (κ3) is 5.81. The molecule has 0 bridgehead atoms. The van der Waals surface area contributed by atoms with Gasteiger partial charge < -0.3 is 18.6 Å². The highest BCUT2D eigenvalue weighted by atomic mass is 16.4. The fourth-order valence-corrected chi connectivity index (χ4v) is 9.50. The predicted octanol–water partition coefficient (Wildman–Crippen LogP) is 16.9. The van der Waals surface area contributed by atoms with Crippen LogP contribution in [0.25, 0.3) is 65.4 Å². The zero-order valence-electron chi connectivity index (χ0n) is 35.6. The summed E-state index contributed by atoms with van der Waals surface area (Å²) in [6, 6.07) is 55.1. The number of aryl methyl sites for hydroxylation is 5. The minimum atomic E-state index is 0.782. The first-order valence-electron chi connectivity index (χ1n) is 21.2. The van der Waals surface area contributed by atoms with Crippen molar-refractivity contribution in [1.82, 2.24) is 0 Å². The van der Waals surface area contributed by atoms with Gasteiger partial charge in [0.2, 0.25) is 0 Å². The Morgan fingerprint density at radius 1 is 0.328 bits per heavy atom. The molecule has 11 rings (SSSR count). The van der Waals surface area contributed by atoms with Gasteiger partial charge in [0.15, 0.2) is 11.2 Å². The molecule has 0 N–H and O–H groups in total. The number of hydrogen-bond donors (Lipinski definition) is 0. The molecule has 2 aromatic heterocycles. The lowest BCUT2D eigenvalue weighted by atomic mass is 9.99. The largest absolute Gasteiger partial charge is 0.452 e. The smallest absolute Gasteiger partial charge is 0.178 e. The predicted molar refractivity (Wildman–Crippen MR) is 259 cm³/mol. The maximum Gasteiger partial charge on any atom is 0.178 e. The maximum atomic E-state index is 6.87. The molecule has 4 nitrogen and oxygen atoms in total. The molecule has 0 unspecified atom stereocenters. The highest BCUT2D eigenvalue weighted by Crippen LogP contribution is 2.46. The Bertz CT molecular complexity index is 3590. The quantitative estimate of drug-likeness (QED) is 0.168. The van der Waals surface area contributed by atoms with Crippen LogP contribution in [0.2, 0.25) is 0 Å². The number of anilines is 6. The number of benzene rings is 9. The van der Waals surface area contributed by atoms with E-state index in [1.165, 1.54) is 50.3 Å². The Labute approximate surface area is 355 Å². The average Bonchev–Trinajstić information content (AvgIpc) is 3.81. The van der Waals surface area contributed by atoms with E-state index in [-0.39, 0.29) is 0 Å². The van der Waals surface area contributed by atoms with E-state index >= 15 is 0 Å². The lowest BCUT2D eigenvalue weighted by Crippen LogP contribution is -2.13. The minimum Gasteiger partial charge on any atom is -0.452 e. The molecule has 0 saturated heterocycles. The molecular formula is C57H46N2O2. The van der Waals surface area contributed by atoms with Crippen LogP contribution in [0.5, 0.6) is 0 Å². The van der Waals surface area contributed by atoms with Crippen molar-refractivity contribution < 1.29 is 8.83 Å². The Morgan fingerprint density at radius 2 is 0.787 bits per heavy atom. The summed E-state index contributed by atoms with van der Waals surface area (Å²) in [4.78, 5) is 4.77. The summed E-state index contributed by atoms with van der Waals surface area (Å²) >= 11 is 0. The highest BCUT2D eigenvalue weighted by molar-refractivity contribution is 6.22. The van der Waals surface area contributed by atoms with Crippen LogP contribution in [0.15, 0.2) is 160 Å². The number of fused-ring (bicyclic) bond motifs is 9. The normalized spacial score (nSPS) is 11.9. The summed E-state index contributed by atoms with van der Waals surface area (Å²) in [5.41, 5.74) is 18.8. The van der Waals surface area contributed by atoms with Crippen LogP contribution in [-0.2, 0) is 0 Å². The van der Waals surface area contributed by atoms with Crippen molar-refractivity contribution in [2.75, 3.05) is 9.80 Å². The molecule has 11 aromatic rings. The number of para-hydroxylation sites is 2. The molecular weight excluding hydrogens is 745 g/mol. The standard InChI is InChI=1S/C57H46N2O2/c1-33-16-12-20-51(38(33)6)58(49-18-10-8-14-35(49)3)44-24-22-40-29-46-47-26-37(5)55-48-30-41-23-25-45(59(50-19-11-9-15-36(50)4)52-21-13-17-34(2)39(52)7)28-43(41)32-54(48)61-57(55)56(47)60-53(46)31-42(40)27-44/h8-32H,1-7H3. The molecule has 0 aliphatic carbocycles. The summed E-state index contributed by atoms with van der Waals surface area (Å²) < 4.78 is 13.7. The van der Waals surface area contributed by atoms with E-state index in [0.717, 1.165) is 88.2 Å². The molecule has 296 valence electrons. The van der Waals surface area contributed by atoms with Gasteiger partial charge in [-0.15, -0.1) is 0 Å². The lowest BCUT2D eigenvalue weighted by molar-refractivity contribution is 0.633. The summed E-state index contributed by atoms with van der Waals surface area (Å²) in [6.07, 6.45) is 0. The second-order valence-electron chi connectivity index (χ2n) is 16.9.